The SMILES string of the molecule is Cc1[nH]c(O)c(-c2cc(-c3ccccc3)ccc2Cl)c1OC(=O)N(C)C. The number of nitrogens with one attached hydrogen (secondary N) is 1. The molecule has 0 bridgehead atoms. The van der Waals surface area contributed by atoms with E-state index in [1.807, 2.05) is 42.5 Å². The van der Waals surface area contributed by atoms with Gasteiger partial charge in [0.2, 0.25) is 5.88 Å². The summed E-state index contributed by atoms with van der Waals surface area (Å²) in [6.07, 6.45) is -0.538. The summed E-state index contributed by atoms with van der Waals surface area (Å²) in [6, 6.07) is 15.4. The van der Waals surface area contributed by atoms with E-state index in [2.05, 4.69) is 4.98 Å². The zero-order valence-corrected chi connectivity index (χ0v) is 15.5. The number of H-pyrrole nitrogens is 1. The van der Waals surface area contributed by atoms with Crippen molar-refractivity contribution in [3.05, 3.63) is 59.2 Å². The van der Waals surface area contributed by atoms with E-state index in [9.17, 15) is 9.90 Å². The summed E-state index contributed by atoms with van der Waals surface area (Å²) in [5.41, 5.74) is 3.43. The molecule has 0 atom stereocenters. The number of aryl methyl sites for hydroxylation is 1. The normalized spacial score (nSPS) is 10.6. The van der Waals surface area contributed by atoms with Gasteiger partial charge in [-0.2, -0.15) is 0 Å². The Kier molecular flexibility index (Phi) is 4.91. The second kappa shape index (κ2) is 7.14. The van der Waals surface area contributed by atoms with Crippen molar-refractivity contribution in [1.82, 2.24) is 9.88 Å². The summed E-state index contributed by atoms with van der Waals surface area (Å²) < 4.78 is 5.45. The van der Waals surface area contributed by atoms with E-state index in [0.717, 1.165) is 11.1 Å². The lowest BCUT2D eigenvalue weighted by Gasteiger charge is -2.13. The number of carbonyl (C=O) groups excluding carboxylic acids is 1. The van der Waals surface area contributed by atoms with Crippen molar-refractivity contribution in [3.63, 3.8) is 0 Å². The molecule has 0 unspecified atom stereocenters. The highest BCUT2D eigenvalue weighted by Crippen LogP contribution is 2.44. The molecule has 1 aromatic heterocycles. The van der Waals surface area contributed by atoms with Crippen LogP contribution in [0, 0.1) is 6.92 Å². The Labute approximate surface area is 156 Å². The number of halogens is 1. The highest BCUT2D eigenvalue weighted by molar-refractivity contribution is 6.33. The van der Waals surface area contributed by atoms with Crippen molar-refractivity contribution in [2.45, 2.75) is 6.92 Å². The minimum atomic E-state index is -0.538. The predicted octanol–water partition coefficient (Wildman–Crippen LogP) is 5.08. The van der Waals surface area contributed by atoms with Gasteiger partial charge in [0.1, 0.15) is 0 Å². The first-order valence-electron chi connectivity index (χ1n) is 8.04. The van der Waals surface area contributed by atoms with Crippen LogP contribution in [0.5, 0.6) is 11.6 Å². The molecular weight excluding hydrogens is 352 g/mol. The van der Waals surface area contributed by atoms with E-state index in [1.54, 1.807) is 27.1 Å². The topological polar surface area (TPSA) is 65.6 Å². The van der Waals surface area contributed by atoms with E-state index in [1.165, 1.54) is 4.90 Å². The molecule has 0 aliphatic carbocycles. The highest BCUT2D eigenvalue weighted by Gasteiger charge is 2.23. The number of nitrogens with zero attached hydrogens (tertiary/aromatic N) is 1. The number of benzene rings is 2. The van der Waals surface area contributed by atoms with Crippen LogP contribution in [0.1, 0.15) is 5.69 Å². The standard InChI is InChI=1S/C20H19ClN2O3/c1-12-18(26-20(25)23(2)3)17(19(24)22-12)15-11-14(9-10-16(15)21)13-7-5-4-6-8-13/h4-11,22,24H,1-3H3. The predicted molar refractivity (Wildman–Crippen MR) is 103 cm³/mol. The third-order valence-electron chi connectivity index (χ3n) is 4.01. The summed E-state index contributed by atoms with van der Waals surface area (Å²) in [7, 11) is 3.18. The van der Waals surface area contributed by atoms with E-state index >= 15 is 0 Å². The lowest BCUT2D eigenvalue weighted by molar-refractivity contribution is 0.172. The van der Waals surface area contributed by atoms with Gasteiger partial charge in [0.25, 0.3) is 0 Å². The van der Waals surface area contributed by atoms with Gasteiger partial charge in [-0.05, 0) is 30.2 Å². The monoisotopic (exact) mass is 370 g/mol. The third kappa shape index (κ3) is 3.39. The number of aromatic hydroxyl groups is 1. The van der Waals surface area contributed by atoms with Crippen LogP contribution in [-0.2, 0) is 0 Å². The Morgan fingerprint density at radius 1 is 1.12 bits per heavy atom. The number of rotatable bonds is 3. The van der Waals surface area contributed by atoms with Crippen LogP contribution in [0.4, 0.5) is 4.79 Å². The largest absolute Gasteiger partial charge is 0.494 e. The fraction of sp³-hybridized carbons (Fsp3) is 0.150. The first kappa shape index (κ1) is 17.9. The molecule has 3 rings (SSSR count). The molecule has 1 heterocycles. The molecule has 0 aliphatic rings. The number of ether oxygens (including phenoxy) is 1. The molecule has 0 fully saturated rings. The average Bonchev–Trinajstić information content (AvgIpc) is 2.89. The molecular formula is C20H19ClN2O3. The van der Waals surface area contributed by atoms with Gasteiger partial charge >= 0.3 is 6.09 Å². The molecule has 0 saturated heterocycles. The van der Waals surface area contributed by atoms with Crippen LogP contribution in [0.25, 0.3) is 22.3 Å². The zero-order chi connectivity index (χ0) is 18.8. The fourth-order valence-electron chi connectivity index (χ4n) is 2.67. The molecule has 5 nitrogen and oxygen atoms in total. The van der Waals surface area contributed by atoms with Crippen LogP contribution in [0.15, 0.2) is 48.5 Å². The van der Waals surface area contributed by atoms with Crippen LogP contribution < -0.4 is 4.74 Å². The summed E-state index contributed by atoms with van der Waals surface area (Å²) in [6.45, 7) is 1.72. The molecule has 26 heavy (non-hydrogen) atoms. The first-order chi connectivity index (χ1) is 12.4. The Hall–Kier alpha value is -2.92. The Morgan fingerprint density at radius 3 is 2.46 bits per heavy atom. The third-order valence-corrected chi connectivity index (χ3v) is 4.34. The molecule has 0 saturated carbocycles. The maximum Gasteiger partial charge on any atom is 0.414 e. The van der Waals surface area contributed by atoms with Crippen molar-refractivity contribution in [2.75, 3.05) is 14.1 Å². The van der Waals surface area contributed by atoms with Crippen LogP contribution in [-0.4, -0.2) is 35.2 Å². The Bertz CT molecular complexity index is 949. The average molecular weight is 371 g/mol. The number of carbonyl (C=O) groups is 1. The van der Waals surface area contributed by atoms with Gasteiger partial charge < -0.3 is 19.7 Å². The highest BCUT2D eigenvalue weighted by atomic mass is 35.5. The quantitative estimate of drug-likeness (QED) is 0.675. The van der Waals surface area contributed by atoms with Gasteiger partial charge in [-0.15, -0.1) is 0 Å². The van der Waals surface area contributed by atoms with Gasteiger partial charge in [0.15, 0.2) is 5.75 Å². The summed E-state index contributed by atoms with van der Waals surface area (Å²) in [5, 5.41) is 10.8. The molecule has 0 aliphatic heterocycles. The van der Waals surface area contributed by atoms with Gasteiger partial charge in [-0.25, -0.2) is 4.79 Å². The molecule has 134 valence electrons. The summed E-state index contributed by atoms with van der Waals surface area (Å²) in [5.74, 6) is 0.157. The van der Waals surface area contributed by atoms with E-state index < -0.39 is 6.09 Å². The first-order valence-corrected chi connectivity index (χ1v) is 8.42. The number of aromatic amines is 1. The maximum atomic E-state index is 12.0. The molecule has 0 radical (unpaired) electrons. The van der Waals surface area contributed by atoms with Crippen molar-refractivity contribution in [2.24, 2.45) is 0 Å². The van der Waals surface area contributed by atoms with E-state index in [4.69, 9.17) is 16.3 Å². The van der Waals surface area contributed by atoms with Crippen molar-refractivity contribution in [1.29, 1.82) is 0 Å². The van der Waals surface area contributed by atoms with Gasteiger partial charge in [-0.3, -0.25) is 0 Å². The molecule has 0 spiro atoms. The molecule has 3 aromatic rings. The number of aromatic nitrogens is 1. The van der Waals surface area contributed by atoms with Crippen LogP contribution in [0.2, 0.25) is 5.02 Å². The maximum absolute atomic E-state index is 12.0. The zero-order valence-electron chi connectivity index (χ0n) is 14.7. The van der Waals surface area contributed by atoms with Crippen molar-refractivity contribution >= 4 is 17.7 Å². The van der Waals surface area contributed by atoms with Gasteiger partial charge in [-0.1, -0.05) is 48.0 Å². The second-order valence-corrected chi connectivity index (χ2v) is 6.53. The van der Waals surface area contributed by atoms with Crippen molar-refractivity contribution < 1.29 is 14.6 Å². The van der Waals surface area contributed by atoms with Crippen molar-refractivity contribution in [3.8, 4) is 33.9 Å². The second-order valence-electron chi connectivity index (χ2n) is 6.13. The van der Waals surface area contributed by atoms with Crippen LogP contribution >= 0.6 is 11.6 Å². The number of hydrogen-bond acceptors (Lipinski definition) is 3. The number of amides is 1. The lowest BCUT2D eigenvalue weighted by Crippen LogP contribution is -2.25. The molecule has 2 N–H and O–H groups in total. The van der Waals surface area contributed by atoms with Crippen LogP contribution in [0.3, 0.4) is 0 Å². The number of hydrogen-bond donors (Lipinski definition) is 2. The molecule has 6 heteroatoms. The fourth-order valence-corrected chi connectivity index (χ4v) is 2.89. The van der Waals surface area contributed by atoms with Gasteiger partial charge in [0.05, 0.1) is 11.3 Å². The van der Waals surface area contributed by atoms with E-state index in [-0.39, 0.29) is 11.6 Å². The minimum Gasteiger partial charge on any atom is -0.494 e. The Morgan fingerprint density at radius 2 is 1.81 bits per heavy atom. The van der Waals surface area contributed by atoms with E-state index in [0.29, 0.717) is 21.8 Å². The molecule has 2 aromatic carbocycles. The smallest absolute Gasteiger partial charge is 0.414 e. The van der Waals surface area contributed by atoms with Gasteiger partial charge in [0, 0.05) is 24.7 Å². The molecule has 1 amide bonds. The summed E-state index contributed by atoms with van der Waals surface area (Å²) in [4.78, 5) is 16.1. The Balaban J connectivity index is 2.13. The minimum absolute atomic E-state index is 0.101. The summed E-state index contributed by atoms with van der Waals surface area (Å²) >= 11 is 6.39. The lowest BCUT2D eigenvalue weighted by atomic mass is 9.99.